The van der Waals surface area contributed by atoms with Crippen molar-refractivity contribution in [1.82, 2.24) is 0 Å². The number of carbonyl (C=O) groups excluding carboxylic acids is 3. The van der Waals surface area contributed by atoms with Gasteiger partial charge in [-0.2, -0.15) is 0 Å². The van der Waals surface area contributed by atoms with Crippen LogP contribution in [0.4, 0.5) is 0 Å². The number of hydrogen-bond donors (Lipinski definition) is 0. The fraction of sp³-hybridized carbons (Fsp3) is 0.829. The lowest BCUT2D eigenvalue weighted by Crippen LogP contribution is -2.30. The number of hydrogen-bond acceptors (Lipinski definition) is 6. The Hall–Kier alpha value is -2.89. The molecule has 478 valence electrons. The SMILES string of the molecule is CC/C=C\C/C=C\C/C=C\C/C=C\C/C=C\CCCCCCCCCCCCCCCCCCCCCC(=O)OCC(COC(=O)CCCCCCCC)OC(=O)CCCCCCCCCCCCCCCCCCCCCCCCC. The molecule has 0 aliphatic rings. The summed E-state index contributed by atoms with van der Waals surface area (Å²) in [7, 11) is 0. The van der Waals surface area contributed by atoms with Crippen LogP contribution in [0.5, 0.6) is 0 Å². The van der Waals surface area contributed by atoms with Crippen LogP contribution < -0.4 is 0 Å². The molecule has 0 saturated heterocycles. The Labute approximate surface area is 510 Å². The molecule has 0 aliphatic heterocycles. The number of carbonyl (C=O) groups is 3. The van der Waals surface area contributed by atoms with Gasteiger partial charge in [0, 0.05) is 19.3 Å². The van der Waals surface area contributed by atoms with E-state index >= 15 is 0 Å². The fourth-order valence-corrected chi connectivity index (χ4v) is 10.9. The minimum absolute atomic E-state index is 0.0669. The Bertz CT molecular complexity index is 1460. The first kappa shape index (κ1) is 79.1. The van der Waals surface area contributed by atoms with E-state index in [1.807, 2.05) is 0 Å². The number of esters is 3. The van der Waals surface area contributed by atoms with Crippen LogP contribution in [0.15, 0.2) is 60.8 Å². The second-order valence-corrected chi connectivity index (χ2v) is 24.5. The van der Waals surface area contributed by atoms with E-state index in [2.05, 4.69) is 81.5 Å². The van der Waals surface area contributed by atoms with Crippen LogP contribution >= 0.6 is 0 Å². The molecule has 6 nitrogen and oxygen atoms in total. The molecule has 0 radical (unpaired) electrons. The third-order valence-electron chi connectivity index (χ3n) is 16.3. The Morgan fingerprint density at radius 3 is 0.744 bits per heavy atom. The molecule has 0 amide bonds. The number of rotatable bonds is 67. The molecule has 82 heavy (non-hydrogen) atoms. The van der Waals surface area contributed by atoms with Crippen molar-refractivity contribution in [2.24, 2.45) is 0 Å². The van der Waals surface area contributed by atoms with Gasteiger partial charge in [0.15, 0.2) is 6.10 Å². The van der Waals surface area contributed by atoms with E-state index in [4.69, 9.17) is 14.2 Å². The third kappa shape index (κ3) is 67.9. The highest BCUT2D eigenvalue weighted by atomic mass is 16.6. The molecule has 0 aliphatic carbocycles. The van der Waals surface area contributed by atoms with E-state index in [0.29, 0.717) is 19.3 Å². The maximum Gasteiger partial charge on any atom is 0.306 e. The minimum Gasteiger partial charge on any atom is -0.462 e. The molecule has 0 aromatic rings. The largest absolute Gasteiger partial charge is 0.462 e. The average Bonchev–Trinajstić information content (AvgIpc) is 3.47. The van der Waals surface area contributed by atoms with Crippen LogP contribution in [-0.2, 0) is 28.6 Å². The first-order valence-electron chi connectivity index (χ1n) is 36.3. The third-order valence-corrected chi connectivity index (χ3v) is 16.3. The van der Waals surface area contributed by atoms with E-state index in [0.717, 1.165) is 89.9 Å². The summed E-state index contributed by atoms with van der Waals surface area (Å²) in [4.78, 5) is 38.1. The molecule has 0 aromatic carbocycles. The van der Waals surface area contributed by atoms with Crippen molar-refractivity contribution in [2.45, 2.75) is 393 Å². The lowest BCUT2D eigenvalue weighted by molar-refractivity contribution is -0.167. The van der Waals surface area contributed by atoms with Gasteiger partial charge >= 0.3 is 17.9 Å². The Kier molecular flexibility index (Phi) is 68.1. The van der Waals surface area contributed by atoms with Crippen LogP contribution in [0.2, 0.25) is 0 Å². The predicted molar refractivity (Wildman–Crippen MR) is 358 cm³/mol. The van der Waals surface area contributed by atoms with Crippen molar-refractivity contribution in [3.8, 4) is 0 Å². The zero-order valence-corrected chi connectivity index (χ0v) is 55.0. The van der Waals surface area contributed by atoms with Gasteiger partial charge in [-0.25, -0.2) is 0 Å². The molecule has 0 bridgehead atoms. The molecule has 0 heterocycles. The van der Waals surface area contributed by atoms with Crippen molar-refractivity contribution in [2.75, 3.05) is 13.2 Å². The molecule has 0 fully saturated rings. The van der Waals surface area contributed by atoms with E-state index in [1.54, 1.807) is 0 Å². The van der Waals surface area contributed by atoms with Gasteiger partial charge in [0.1, 0.15) is 13.2 Å². The Balaban J connectivity index is 3.93. The summed E-state index contributed by atoms with van der Waals surface area (Å²) in [5.74, 6) is -0.850. The van der Waals surface area contributed by atoms with Crippen LogP contribution in [0.25, 0.3) is 0 Å². The molecule has 0 saturated carbocycles. The van der Waals surface area contributed by atoms with Crippen molar-refractivity contribution >= 4 is 17.9 Å². The standard InChI is InChI=1S/C76H138O6/c1-4-7-10-13-16-18-20-22-24-26-28-30-32-33-34-35-36-37-38-39-40-41-42-43-45-46-48-50-52-54-56-58-60-63-66-69-75(78)81-72-73(71-80-74(77)68-65-62-15-12-9-6-3)82-76(79)70-67-64-61-59-57-55-53-51-49-47-44-31-29-27-25-23-21-19-17-14-11-8-5-2/h7,10,16,18,22,24,28,30,33-34,73H,4-6,8-9,11-15,17,19-21,23,25-27,29,31-32,35-72H2,1-3H3/b10-7-,18-16-,24-22-,30-28-,34-33-. The fourth-order valence-electron chi connectivity index (χ4n) is 10.9. The summed E-state index contributed by atoms with van der Waals surface area (Å²) in [6.07, 6.45) is 91.7. The molecule has 0 aromatic heterocycles. The normalized spacial score (nSPS) is 12.4. The monoisotopic (exact) mass is 1150 g/mol. The van der Waals surface area contributed by atoms with Crippen molar-refractivity contribution < 1.29 is 28.6 Å². The van der Waals surface area contributed by atoms with Gasteiger partial charge < -0.3 is 14.2 Å². The van der Waals surface area contributed by atoms with E-state index in [9.17, 15) is 14.4 Å². The van der Waals surface area contributed by atoms with Crippen LogP contribution in [0, 0.1) is 0 Å². The highest BCUT2D eigenvalue weighted by Crippen LogP contribution is 2.19. The molecular weight excluding hydrogens is 1010 g/mol. The molecule has 0 spiro atoms. The number of allylic oxidation sites excluding steroid dienone is 10. The topological polar surface area (TPSA) is 78.9 Å². The average molecular weight is 1150 g/mol. The molecule has 6 heteroatoms. The van der Waals surface area contributed by atoms with Crippen LogP contribution in [-0.4, -0.2) is 37.2 Å². The zero-order chi connectivity index (χ0) is 59.2. The molecule has 1 atom stereocenters. The van der Waals surface area contributed by atoms with Gasteiger partial charge in [0.2, 0.25) is 0 Å². The Morgan fingerprint density at radius 1 is 0.256 bits per heavy atom. The first-order chi connectivity index (χ1) is 40.5. The molecule has 1 unspecified atom stereocenters. The molecule has 0 rings (SSSR count). The molecule has 0 N–H and O–H groups in total. The first-order valence-corrected chi connectivity index (χ1v) is 36.3. The van der Waals surface area contributed by atoms with E-state index in [1.165, 1.54) is 257 Å². The summed E-state index contributed by atoms with van der Waals surface area (Å²) < 4.78 is 16.9. The summed E-state index contributed by atoms with van der Waals surface area (Å²) in [6, 6.07) is 0. The lowest BCUT2D eigenvalue weighted by Gasteiger charge is -2.18. The van der Waals surface area contributed by atoms with Gasteiger partial charge in [-0.1, -0.05) is 364 Å². The quantitative estimate of drug-likeness (QED) is 0.0261. The Morgan fingerprint density at radius 2 is 0.476 bits per heavy atom. The lowest BCUT2D eigenvalue weighted by atomic mass is 10.0. The van der Waals surface area contributed by atoms with Gasteiger partial charge in [0.25, 0.3) is 0 Å². The number of unbranched alkanes of at least 4 members (excludes halogenated alkanes) is 46. The minimum atomic E-state index is -0.767. The second-order valence-electron chi connectivity index (χ2n) is 24.5. The zero-order valence-electron chi connectivity index (χ0n) is 55.0. The maximum absolute atomic E-state index is 12.9. The van der Waals surface area contributed by atoms with Gasteiger partial charge in [-0.05, 0) is 64.2 Å². The predicted octanol–water partition coefficient (Wildman–Crippen LogP) is 25.1. The van der Waals surface area contributed by atoms with Gasteiger partial charge in [-0.3, -0.25) is 14.4 Å². The summed E-state index contributed by atoms with van der Waals surface area (Å²) in [6.45, 7) is 6.53. The van der Waals surface area contributed by atoms with Gasteiger partial charge in [-0.15, -0.1) is 0 Å². The summed E-state index contributed by atoms with van der Waals surface area (Å²) >= 11 is 0. The van der Waals surface area contributed by atoms with Crippen molar-refractivity contribution in [3.05, 3.63) is 60.8 Å². The number of ether oxygens (including phenoxy) is 3. The highest BCUT2D eigenvalue weighted by Gasteiger charge is 2.19. The van der Waals surface area contributed by atoms with E-state index in [-0.39, 0.29) is 31.1 Å². The molecular formula is C76H138O6. The van der Waals surface area contributed by atoms with Crippen LogP contribution in [0.1, 0.15) is 387 Å². The smallest absolute Gasteiger partial charge is 0.306 e. The second kappa shape index (κ2) is 70.6. The van der Waals surface area contributed by atoms with Crippen molar-refractivity contribution in [3.63, 3.8) is 0 Å². The maximum atomic E-state index is 12.9. The summed E-state index contributed by atoms with van der Waals surface area (Å²) in [5, 5.41) is 0. The van der Waals surface area contributed by atoms with Crippen LogP contribution in [0.3, 0.4) is 0 Å². The highest BCUT2D eigenvalue weighted by molar-refractivity contribution is 5.71. The van der Waals surface area contributed by atoms with Crippen molar-refractivity contribution in [1.29, 1.82) is 0 Å². The summed E-state index contributed by atoms with van der Waals surface area (Å²) in [5.41, 5.74) is 0. The van der Waals surface area contributed by atoms with E-state index < -0.39 is 6.10 Å². The van der Waals surface area contributed by atoms with Gasteiger partial charge in [0.05, 0.1) is 0 Å².